The average Bonchev–Trinajstić information content (AvgIpc) is 2.28. The van der Waals surface area contributed by atoms with Gasteiger partial charge < -0.3 is 10.0 Å². The number of carbonyl (C=O) groups is 2. The van der Waals surface area contributed by atoms with E-state index in [2.05, 4.69) is 0 Å². The molecule has 0 radical (unpaired) electrons. The third kappa shape index (κ3) is 1.78. The summed E-state index contributed by atoms with van der Waals surface area (Å²) >= 11 is 0. The van der Waals surface area contributed by atoms with E-state index >= 15 is 0 Å². The number of amides is 2. The van der Waals surface area contributed by atoms with E-state index < -0.39 is 18.3 Å². The molecule has 86 valence electrons. The van der Waals surface area contributed by atoms with Gasteiger partial charge >= 0.3 is 6.09 Å². The Morgan fingerprint density at radius 1 is 1.40 bits per heavy atom. The average molecular weight is 214 g/mol. The normalized spacial score (nSPS) is 27.4. The summed E-state index contributed by atoms with van der Waals surface area (Å²) < 4.78 is 0. The summed E-state index contributed by atoms with van der Waals surface area (Å²) in [5, 5.41) is 9.10. The highest BCUT2D eigenvalue weighted by molar-refractivity contribution is 5.88. The van der Waals surface area contributed by atoms with Gasteiger partial charge in [0.25, 0.3) is 0 Å². The topological polar surface area (TPSA) is 60.9 Å². The molecule has 1 saturated heterocycles. The highest BCUT2D eigenvalue weighted by Gasteiger charge is 2.49. The van der Waals surface area contributed by atoms with Crippen molar-refractivity contribution >= 4 is 12.0 Å². The Morgan fingerprint density at radius 2 is 1.87 bits per heavy atom. The first-order valence-corrected chi connectivity index (χ1v) is 4.96. The van der Waals surface area contributed by atoms with Crippen LogP contribution in [0.4, 0.5) is 4.79 Å². The summed E-state index contributed by atoms with van der Waals surface area (Å²) in [4.78, 5) is 25.5. The van der Waals surface area contributed by atoms with Crippen molar-refractivity contribution in [3.05, 3.63) is 0 Å². The van der Waals surface area contributed by atoms with Crippen LogP contribution in [0, 0.1) is 5.41 Å². The second kappa shape index (κ2) is 3.40. The largest absolute Gasteiger partial charge is 0.465 e. The minimum Gasteiger partial charge on any atom is -0.465 e. The first kappa shape index (κ1) is 11.8. The van der Waals surface area contributed by atoms with Crippen LogP contribution in [-0.4, -0.2) is 46.2 Å². The number of hydrogen-bond donors (Lipinski definition) is 1. The van der Waals surface area contributed by atoms with Crippen molar-refractivity contribution in [3.63, 3.8) is 0 Å². The zero-order valence-corrected chi connectivity index (χ0v) is 9.81. The highest BCUT2D eigenvalue weighted by atomic mass is 16.4. The molecule has 0 bridgehead atoms. The van der Waals surface area contributed by atoms with Crippen LogP contribution in [0.3, 0.4) is 0 Å². The third-order valence-corrected chi connectivity index (χ3v) is 2.75. The summed E-state index contributed by atoms with van der Waals surface area (Å²) in [6, 6.07) is -0.586. The molecule has 1 heterocycles. The molecule has 0 saturated carbocycles. The van der Waals surface area contributed by atoms with E-state index in [9.17, 15) is 9.59 Å². The third-order valence-electron chi connectivity index (χ3n) is 2.75. The first-order chi connectivity index (χ1) is 6.68. The van der Waals surface area contributed by atoms with Gasteiger partial charge in [0.05, 0.1) is 0 Å². The Morgan fingerprint density at radius 3 is 2.13 bits per heavy atom. The van der Waals surface area contributed by atoms with E-state index in [1.54, 1.807) is 14.0 Å². The van der Waals surface area contributed by atoms with Gasteiger partial charge in [0.2, 0.25) is 5.91 Å². The quantitative estimate of drug-likeness (QED) is 0.659. The van der Waals surface area contributed by atoms with E-state index in [0.717, 1.165) is 0 Å². The predicted molar refractivity (Wildman–Crippen MR) is 55.3 cm³/mol. The van der Waals surface area contributed by atoms with E-state index in [1.165, 1.54) is 9.80 Å². The number of carbonyl (C=O) groups excluding carboxylic acids is 1. The highest BCUT2D eigenvalue weighted by Crippen LogP contribution is 2.33. The van der Waals surface area contributed by atoms with E-state index in [0.29, 0.717) is 0 Å². The number of nitrogens with zero attached hydrogens (tertiary/aromatic N) is 2. The van der Waals surface area contributed by atoms with E-state index in [-0.39, 0.29) is 11.3 Å². The summed E-state index contributed by atoms with van der Waals surface area (Å²) in [7, 11) is 1.65. The van der Waals surface area contributed by atoms with Crippen LogP contribution in [0.15, 0.2) is 0 Å². The van der Waals surface area contributed by atoms with Crippen LogP contribution < -0.4 is 0 Å². The summed E-state index contributed by atoms with van der Waals surface area (Å²) in [6.07, 6.45) is -1.43. The van der Waals surface area contributed by atoms with Crippen molar-refractivity contribution in [2.75, 3.05) is 7.05 Å². The molecule has 5 nitrogen and oxygen atoms in total. The maximum Gasteiger partial charge on any atom is 0.409 e. The molecule has 1 N–H and O–H groups in total. The molecular formula is C10H18N2O3. The zero-order valence-electron chi connectivity index (χ0n) is 9.81. The Labute approximate surface area is 89.7 Å². The van der Waals surface area contributed by atoms with Gasteiger partial charge in [-0.25, -0.2) is 4.79 Å². The van der Waals surface area contributed by atoms with Gasteiger partial charge in [-0.2, -0.15) is 0 Å². The summed E-state index contributed by atoms with van der Waals surface area (Å²) in [5.41, 5.74) is -0.284. The molecule has 0 aromatic carbocycles. The van der Waals surface area contributed by atoms with Gasteiger partial charge in [0.1, 0.15) is 12.2 Å². The van der Waals surface area contributed by atoms with Gasteiger partial charge in [-0.3, -0.25) is 9.69 Å². The van der Waals surface area contributed by atoms with Gasteiger partial charge in [-0.1, -0.05) is 20.8 Å². The van der Waals surface area contributed by atoms with E-state index in [4.69, 9.17) is 5.11 Å². The second-order valence-electron chi connectivity index (χ2n) is 5.05. The second-order valence-corrected chi connectivity index (χ2v) is 5.05. The Kier molecular flexibility index (Phi) is 2.67. The lowest BCUT2D eigenvalue weighted by atomic mass is 9.91. The molecule has 0 aromatic heterocycles. The van der Waals surface area contributed by atoms with Gasteiger partial charge in [0, 0.05) is 12.5 Å². The maximum atomic E-state index is 11.7. The van der Waals surface area contributed by atoms with Gasteiger partial charge in [0.15, 0.2) is 0 Å². The van der Waals surface area contributed by atoms with Crippen molar-refractivity contribution in [2.45, 2.75) is 39.9 Å². The maximum absolute atomic E-state index is 11.7. The van der Waals surface area contributed by atoms with Crippen LogP contribution in [0.2, 0.25) is 0 Å². The van der Waals surface area contributed by atoms with Crippen molar-refractivity contribution in [3.8, 4) is 0 Å². The van der Waals surface area contributed by atoms with Gasteiger partial charge in [-0.15, -0.1) is 0 Å². The monoisotopic (exact) mass is 214 g/mol. The van der Waals surface area contributed by atoms with Crippen molar-refractivity contribution in [2.24, 2.45) is 5.41 Å². The van der Waals surface area contributed by atoms with Gasteiger partial charge in [-0.05, 0) is 6.92 Å². The molecule has 0 aromatic rings. The van der Waals surface area contributed by atoms with Crippen LogP contribution >= 0.6 is 0 Å². The number of rotatable bonds is 0. The Balaban J connectivity index is 3.12. The SMILES string of the molecule is CC1C(=O)N(C)C(C(C)(C)C)N1C(=O)O. The van der Waals surface area contributed by atoms with Crippen molar-refractivity contribution in [1.29, 1.82) is 0 Å². The molecule has 2 amide bonds. The first-order valence-electron chi connectivity index (χ1n) is 4.96. The van der Waals surface area contributed by atoms with Crippen molar-refractivity contribution in [1.82, 2.24) is 9.80 Å². The lowest BCUT2D eigenvalue weighted by Gasteiger charge is -2.37. The predicted octanol–water partition coefficient (Wildman–Crippen LogP) is 1.20. The summed E-state index contributed by atoms with van der Waals surface area (Å²) in [5.74, 6) is -0.141. The number of likely N-dealkylation sites (N-methyl/N-ethyl adjacent to an activating group) is 1. The van der Waals surface area contributed by atoms with Crippen LogP contribution in [0.1, 0.15) is 27.7 Å². The molecule has 2 unspecified atom stereocenters. The fraction of sp³-hybridized carbons (Fsp3) is 0.800. The van der Waals surface area contributed by atoms with E-state index in [1.807, 2.05) is 20.8 Å². The molecule has 1 fully saturated rings. The molecule has 5 heteroatoms. The lowest BCUT2D eigenvalue weighted by molar-refractivity contribution is -0.129. The molecule has 1 aliphatic rings. The molecule has 15 heavy (non-hydrogen) atoms. The summed E-state index contributed by atoms with van der Waals surface area (Å²) in [6.45, 7) is 7.40. The smallest absolute Gasteiger partial charge is 0.409 e. The molecule has 1 rings (SSSR count). The molecular weight excluding hydrogens is 196 g/mol. The number of carboxylic acid groups (broad SMARTS) is 1. The van der Waals surface area contributed by atoms with Crippen LogP contribution in [-0.2, 0) is 4.79 Å². The van der Waals surface area contributed by atoms with Crippen LogP contribution in [0.25, 0.3) is 0 Å². The molecule has 0 aliphatic carbocycles. The Bertz CT molecular complexity index is 296. The standard InChI is InChI=1S/C10H18N2O3/c1-6-7(13)11(5)8(10(2,3)4)12(6)9(14)15/h6,8H,1-5H3,(H,14,15). The Hall–Kier alpha value is -1.26. The fourth-order valence-electron chi connectivity index (χ4n) is 2.20. The lowest BCUT2D eigenvalue weighted by Crippen LogP contribution is -2.49. The minimum atomic E-state index is -1.04. The number of hydrogen-bond acceptors (Lipinski definition) is 2. The fourth-order valence-corrected chi connectivity index (χ4v) is 2.20. The molecule has 0 spiro atoms. The molecule has 1 aliphatic heterocycles. The minimum absolute atomic E-state index is 0.141. The molecule has 2 atom stereocenters. The van der Waals surface area contributed by atoms with Crippen LogP contribution in [0.5, 0.6) is 0 Å². The van der Waals surface area contributed by atoms with Crippen molar-refractivity contribution < 1.29 is 14.7 Å². The zero-order chi connectivity index (χ0) is 12.0.